The molecule has 198 valence electrons. The molecule has 1 fully saturated rings. The van der Waals surface area contributed by atoms with Gasteiger partial charge in [0.1, 0.15) is 11.4 Å². The number of nitrogens with one attached hydrogen (secondary N) is 1. The zero-order valence-corrected chi connectivity index (χ0v) is 19.6. The highest BCUT2D eigenvalue weighted by Gasteiger charge is 2.44. The van der Waals surface area contributed by atoms with Crippen LogP contribution in [0.3, 0.4) is 0 Å². The highest BCUT2D eigenvalue weighted by molar-refractivity contribution is 5.78. The first-order valence-electron chi connectivity index (χ1n) is 11.0. The Morgan fingerprint density at radius 3 is 2.11 bits per heavy atom. The molecule has 2 amide bonds. The van der Waals surface area contributed by atoms with E-state index in [2.05, 4.69) is 5.32 Å². The first kappa shape index (κ1) is 27.7. The molecule has 0 saturated carbocycles. The lowest BCUT2D eigenvalue weighted by Gasteiger charge is -2.29. The first-order chi connectivity index (χ1) is 16.7. The first-order valence-corrected chi connectivity index (χ1v) is 11.0. The van der Waals surface area contributed by atoms with Crippen LogP contribution in [0.4, 0.5) is 35.5 Å². The quantitative estimate of drug-likeness (QED) is 0.459. The predicted molar refractivity (Wildman–Crippen MR) is 117 cm³/mol. The number of ether oxygens (including phenoxy) is 1. The number of halogens is 7. The molecule has 0 radical (unpaired) electrons. The van der Waals surface area contributed by atoms with Gasteiger partial charge in [0.2, 0.25) is 0 Å². The molecule has 1 heterocycles. The fourth-order valence-corrected chi connectivity index (χ4v) is 4.02. The number of carbonyl (C=O) groups excluding carboxylic acids is 1. The summed E-state index contributed by atoms with van der Waals surface area (Å²) in [5, 5.41) is 2.81. The summed E-state index contributed by atoms with van der Waals surface area (Å²) in [5.74, 6) is -0.509. The maximum absolute atomic E-state index is 13.5. The van der Waals surface area contributed by atoms with Gasteiger partial charge < -0.3 is 19.9 Å². The van der Waals surface area contributed by atoms with Gasteiger partial charge in [0.15, 0.2) is 0 Å². The molecule has 36 heavy (non-hydrogen) atoms. The van der Waals surface area contributed by atoms with Gasteiger partial charge in [-0.2, -0.15) is 26.3 Å². The van der Waals surface area contributed by atoms with Crippen LogP contribution >= 0.6 is 0 Å². The van der Waals surface area contributed by atoms with Crippen molar-refractivity contribution in [1.82, 2.24) is 15.1 Å². The second-order valence-corrected chi connectivity index (χ2v) is 9.00. The summed E-state index contributed by atoms with van der Waals surface area (Å²) < 4.78 is 98.1. The van der Waals surface area contributed by atoms with Crippen molar-refractivity contribution >= 4 is 6.03 Å². The maximum Gasteiger partial charge on any atom is 0.416 e. The fraction of sp³-hybridized carbons (Fsp3) is 0.458. The van der Waals surface area contributed by atoms with Crippen LogP contribution in [0.1, 0.15) is 28.7 Å². The van der Waals surface area contributed by atoms with Crippen molar-refractivity contribution < 1.29 is 40.3 Å². The van der Waals surface area contributed by atoms with E-state index in [0.29, 0.717) is 30.7 Å². The van der Waals surface area contributed by atoms with Crippen LogP contribution in [-0.4, -0.2) is 56.2 Å². The minimum absolute atomic E-state index is 0.0479. The SMILES string of the molecule is CN(C)CCCN1CC(COCc2cc(C(F)(F)F)cc(C(F)(F)F)c2)(c2ccc(F)cc2)NC1=O. The Labute approximate surface area is 203 Å². The third kappa shape index (κ3) is 6.88. The van der Waals surface area contributed by atoms with Crippen molar-refractivity contribution in [3.63, 3.8) is 0 Å². The molecule has 1 aliphatic rings. The zero-order chi connectivity index (χ0) is 26.7. The van der Waals surface area contributed by atoms with Crippen LogP contribution in [0.5, 0.6) is 0 Å². The molecule has 0 spiro atoms. The molecule has 2 aromatic rings. The summed E-state index contributed by atoms with van der Waals surface area (Å²) in [7, 11) is 3.78. The number of rotatable bonds is 9. The van der Waals surface area contributed by atoms with Crippen molar-refractivity contribution in [2.45, 2.75) is 30.9 Å². The van der Waals surface area contributed by atoms with E-state index in [9.17, 15) is 35.5 Å². The third-order valence-electron chi connectivity index (χ3n) is 5.79. The van der Waals surface area contributed by atoms with E-state index in [1.54, 1.807) is 4.90 Å². The molecule has 1 unspecified atom stereocenters. The van der Waals surface area contributed by atoms with Crippen molar-refractivity contribution in [3.05, 3.63) is 70.5 Å². The number of hydrogen-bond acceptors (Lipinski definition) is 3. The van der Waals surface area contributed by atoms with E-state index in [1.165, 1.54) is 24.3 Å². The third-order valence-corrected chi connectivity index (χ3v) is 5.79. The molecule has 5 nitrogen and oxygen atoms in total. The Bertz CT molecular complexity index is 1020. The van der Waals surface area contributed by atoms with E-state index >= 15 is 0 Å². The largest absolute Gasteiger partial charge is 0.416 e. The van der Waals surface area contributed by atoms with Gasteiger partial charge in [0.05, 0.1) is 30.9 Å². The van der Waals surface area contributed by atoms with E-state index in [4.69, 9.17) is 4.74 Å². The van der Waals surface area contributed by atoms with Gasteiger partial charge in [-0.3, -0.25) is 0 Å². The average Bonchev–Trinajstić information content (AvgIpc) is 3.09. The zero-order valence-electron chi connectivity index (χ0n) is 19.6. The molecule has 1 saturated heterocycles. The summed E-state index contributed by atoms with van der Waals surface area (Å²) in [5.41, 5.74) is -3.88. The lowest BCUT2D eigenvalue weighted by Crippen LogP contribution is -2.44. The standard InChI is InChI=1S/C24H26F7N3O2/c1-33(2)8-3-9-34-14-22(32-21(34)35,17-4-6-20(25)7-5-17)15-36-13-16-10-18(23(26,27)28)12-19(11-16)24(29,30)31/h4-7,10-12H,3,8-9,13-15H2,1-2H3,(H,32,35). The molecule has 0 bridgehead atoms. The summed E-state index contributed by atoms with van der Waals surface area (Å²) in [6.45, 7) is 0.441. The van der Waals surface area contributed by atoms with Crippen LogP contribution in [0.15, 0.2) is 42.5 Å². The molecule has 0 aromatic heterocycles. The average molecular weight is 521 g/mol. The Morgan fingerprint density at radius 2 is 1.58 bits per heavy atom. The van der Waals surface area contributed by atoms with Gasteiger partial charge in [0.25, 0.3) is 0 Å². The number of alkyl halides is 6. The molecule has 1 aliphatic heterocycles. The summed E-state index contributed by atoms with van der Waals surface area (Å²) in [6.07, 6.45) is -9.28. The Kier molecular flexibility index (Phi) is 8.19. The molecule has 2 aromatic carbocycles. The highest BCUT2D eigenvalue weighted by atomic mass is 19.4. The van der Waals surface area contributed by atoms with Gasteiger partial charge in [-0.1, -0.05) is 12.1 Å². The Balaban J connectivity index is 1.82. The van der Waals surface area contributed by atoms with Crippen LogP contribution < -0.4 is 5.32 Å². The molecule has 1 atom stereocenters. The lowest BCUT2D eigenvalue weighted by molar-refractivity contribution is -0.143. The van der Waals surface area contributed by atoms with E-state index in [-0.39, 0.29) is 24.8 Å². The number of carbonyl (C=O) groups is 1. The number of hydrogen-bond donors (Lipinski definition) is 1. The van der Waals surface area contributed by atoms with Crippen molar-refractivity contribution in [2.75, 3.05) is 40.3 Å². The van der Waals surface area contributed by atoms with Gasteiger partial charge in [-0.15, -0.1) is 0 Å². The van der Waals surface area contributed by atoms with Crippen molar-refractivity contribution in [2.24, 2.45) is 0 Å². The van der Waals surface area contributed by atoms with Crippen LogP contribution in [0.25, 0.3) is 0 Å². The van der Waals surface area contributed by atoms with Gasteiger partial charge in [-0.05, 0) is 68.5 Å². The van der Waals surface area contributed by atoms with Crippen molar-refractivity contribution in [3.8, 4) is 0 Å². The maximum atomic E-state index is 13.5. The Hall–Kier alpha value is -2.86. The normalized spacial score (nSPS) is 18.7. The summed E-state index contributed by atoms with van der Waals surface area (Å²) >= 11 is 0. The summed E-state index contributed by atoms with van der Waals surface area (Å²) in [6, 6.07) is 6.14. The van der Waals surface area contributed by atoms with Crippen LogP contribution in [0, 0.1) is 5.82 Å². The Morgan fingerprint density at radius 1 is 1.00 bits per heavy atom. The minimum atomic E-state index is -4.97. The fourth-order valence-electron chi connectivity index (χ4n) is 4.02. The molecular formula is C24H26F7N3O2. The second kappa shape index (κ2) is 10.6. The molecular weight excluding hydrogens is 495 g/mol. The summed E-state index contributed by atoms with van der Waals surface area (Å²) in [4.78, 5) is 16.2. The molecule has 3 rings (SSSR count). The van der Waals surface area contributed by atoms with Crippen LogP contribution in [-0.2, 0) is 29.2 Å². The number of nitrogens with zero attached hydrogens (tertiary/aromatic N) is 2. The van der Waals surface area contributed by atoms with Gasteiger partial charge in [0, 0.05) is 6.54 Å². The second-order valence-electron chi connectivity index (χ2n) is 9.00. The van der Waals surface area contributed by atoms with Gasteiger partial charge >= 0.3 is 18.4 Å². The highest BCUT2D eigenvalue weighted by Crippen LogP contribution is 2.37. The molecule has 12 heteroatoms. The van der Waals surface area contributed by atoms with E-state index < -0.39 is 47.5 Å². The van der Waals surface area contributed by atoms with E-state index in [1.807, 2.05) is 19.0 Å². The monoisotopic (exact) mass is 521 g/mol. The van der Waals surface area contributed by atoms with E-state index in [0.717, 1.165) is 6.54 Å². The van der Waals surface area contributed by atoms with Gasteiger partial charge in [-0.25, -0.2) is 9.18 Å². The minimum Gasteiger partial charge on any atom is -0.374 e. The molecule has 0 aliphatic carbocycles. The van der Waals surface area contributed by atoms with Crippen molar-refractivity contribution in [1.29, 1.82) is 0 Å². The number of amides is 2. The smallest absolute Gasteiger partial charge is 0.374 e. The lowest BCUT2D eigenvalue weighted by atomic mass is 9.91. The number of urea groups is 1. The molecule has 1 N–H and O–H groups in total. The number of benzene rings is 2. The predicted octanol–water partition coefficient (Wildman–Crippen LogP) is 5.25. The van der Waals surface area contributed by atoms with Crippen LogP contribution in [0.2, 0.25) is 0 Å². The topological polar surface area (TPSA) is 44.8 Å².